The molecule has 0 spiro atoms. The Morgan fingerprint density at radius 3 is 2.89 bits per heavy atom. The number of carbonyl (C=O) groups excluding carboxylic acids is 1. The van der Waals surface area contributed by atoms with Gasteiger partial charge in [-0.15, -0.1) is 11.3 Å². The van der Waals surface area contributed by atoms with Crippen LogP contribution in [0.2, 0.25) is 0 Å². The number of hydrogen-bond acceptors (Lipinski definition) is 8. The van der Waals surface area contributed by atoms with Crippen molar-refractivity contribution in [3.05, 3.63) is 47.9 Å². The highest BCUT2D eigenvalue weighted by Gasteiger charge is 2.29. The van der Waals surface area contributed by atoms with Crippen molar-refractivity contribution in [3.8, 4) is 10.6 Å². The van der Waals surface area contributed by atoms with Crippen molar-refractivity contribution in [1.29, 1.82) is 0 Å². The number of piperidine rings is 1. The Hall–Kier alpha value is -3.37. The van der Waals surface area contributed by atoms with Crippen LogP contribution in [-0.2, 0) is 0 Å². The lowest BCUT2D eigenvalue weighted by Crippen LogP contribution is -2.39. The lowest BCUT2D eigenvalue weighted by atomic mass is 9.96. The second kappa shape index (κ2) is 9.35. The van der Waals surface area contributed by atoms with Gasteiger partial charge < -0.3 is 15.5 Å². The van der Waals surface area contributed by atoms with Crippen LogP contribution >= 0.6 is 11.3 Å². The van der Waals surface area contributed by atoms with Gasteiger partial charge in [-0.05, 0) is 63.4 Å². The number of hydrogen-bond donors (Lipinski definition) is 2. The molecular weight excluding hydrogens is 460 g/mol. The Labute approximate surface area is 207 Å². The summed E-state index contributed by atoms with van der Waals surface area (Å²) in [5.74, 6) is 0.356. The van der Waals surface area contributed by atoms with Gasteiger partial charge in [0.25, 0.3) is 5.91 Å². The van der Waals surface area contributed by atoms with Crippen LogP contribution in [-0.4, -0.2) is 57.6 Å². The van der Waals surface area contributed by atoms with E-state index >= 15 is 0 Å². The van der Waals surface area contributed by atoms with Crippen molar-refractivity contribution < 1.29 is 4.79 Å². The van der Waals surface area contributed by atoms with Gasteiger partial charge in [-0.3, -0.25) is 9.48 Å². The fourth-order valence-corrected chi connectivity index (χ4v) is 5.79. The summed E-state index contributed by atoms with van der Waals surface area (Å²) in [7, 11) is 2.01. The van der Waals surface area contributed by atoms with E-state index in [0.29, 0.717) is 17.7 Å². The third-order valence-electron chi connectivity index (χ3n) is 6.79. The van der Waals surface area contributed by atoms with Crippen molar-refractivity contribution in [3.63, 3.8) is 0 Å². The summed E-state index contributed by atoms with van der Waals surface area (Å²) in [5, 5.41) is 22.6. The molecule has 9 nitrogen and oxygen atoms in total. The molecule has 0 radical (unpaired) electrons. The molecule has 1 aromatic carbocycles. The largest absolute Gasteiger partial charge is 0.369 e. The Balaban J connectivity index is 1.34. The molecule has 35 heavy (non-hydrogen) atoms. The van der Waals surface area contributed by atoms with Crippen LogP contribution in [0, 0.1) is 5.92 Å². The smallest absolute Gasteiger partial charge is 0.275 e. The first-order valence-electron chi connectivity index (χ1n) is 12.1. The maximum atomic E-state index is 13.3. The molecule has 4 aromatic rings. The highest BCUT2D eigenvalue weighted by Crippen LogP contribution is 2.42. The first-order chi connectivity index (χ1) is 17.2. The van der Waals surface area contributed by atoms with Crippen LogP contribution in [0.1, 0.15) is 42.2 Å². The number of benzene rings is 1. The molecule has 10 heteroatoms. The van der Waals surface area contributed by atoms with E-state index in [2.05, 4.69) is 41.5 Å². The van der Waals surface area contributed by atoms with E-state index in [0.717, 1.165) is 58.9 Å². The molecule has 0 bridgehead atoms. The van der Waals surface area contributed by atoms with Gasteiger partial charge in [0, 0.05) is 29.4 Å². The predicted molar refractivity (Wildman–Crippen MR) is 138 cm³/mol. The average Bonchev–Trinajstić information content (AvgIpc) is 3.44. The van der Waals surface area contributed by atoms with Crippen LogP contribution < -0.4 is 15.5 Å². The zero-order valence-corrected chi connectivity index (χ0v) is 20.5. The molecule has 1 atom stereocenters. The molecule has 1 aliphatic carbocycles. The quantitative estimate of drug-likeness (QED) is 0.406. The standard InChI is InChI=1S/C25H28N8OS/c1-26-11-16-3-2-10-32(14-16)23-19-13-29-33(18-4-5-18)22(19)7-6-20(23)30-24(34)21-15-35-25(31-21)17-8-9-27-28-12-17/h6-9,12-13,15-16,18,26H,2-5,10-11,14H2,1H3,(H,30,34). The summed E-state index contributed by atoms with van der Waals surface area (Å²) >= 11 is 1.43. The summed E-state index contributed by atoms with van der Waals surface area (Å²) in [6.45, 7) is 2.90. The molecule has 1 saturated heterocycles. The second-order valence-corrected chi connectivity index (χ2v) is 10.2. The van der Waals surface area contributed by atoms with E-state index in [1.165, 1.54) is 30.6 Å². The van der Waals surface area contributed by atoms with Crippen molar-refractivity contribution in [2.24, 2.45) is 5.92 Å². The summed E-state index contributed by atoms with van der Waals surface area (Å²) < 4.78 is 2.15. The lowest BCUT2D eigenvalue weighted by Gasteiger charge is -2.36. The molecule has 2 N–H and O–H groups in total. The van der Waals surface area contributed by atoms with Crippen molar-refractivity contribution in [2.75, 3.05) is 36.9 Å². The van der Waals surface area contributed by atoms with Gasteiger partial charge in [-0.25, -0.2) is 4.98 Å². The lowest BCUT2D eigenvalue weighted by molar-refractivity contribution is 0.102. The molecule has 1 saturated carbocycles. The molecule has 6 rings (SSSR count). The van der Waals surface area contributed by atoms with Gasteiger partial charge in [-0.1, -0.05) is 0 Å². The normalized spacial score (nSPS) is 18.2. The summed E-state index contributed by atoms with van der Waals surface area (Å²) in [5.41, 5.74) is 4.26. The van der Waals surface area contributed by atoms with E-state index in [-0.39, 0.29) is 5.91 Å². The number of fused-ring (bicyclic) bond motifs is 1. The van der Waals surface area contributed by atoms with Gasteiger partial charge in [0.05, 0.1) is 41.5 Å². The third kappa shape index (κ3) is 4.39. The number of nitrogens with one attached hydrogen (secondary N) is 2. The maximum Gasteiger partial charge on any atom is 0.275 e. The molecule has 180 valence electrons. The number of rotatable bonds is 7. The topological polar surface area (TPSA) is 101 Å². The Kier molecular flexibility index (Phi) is 5.91. The number of aromatic nitrogens is 5. The highest BCUT2D eigenvalue weighted by atomic mass is 32.1. The van der Waals surface area contributed by atoms with Crippen LogP contribution in [0.3, 0.4) is 0 Å². The van der Waals surface area contributed by atoms with Crippen molar-refractivity contribution in [2.45, 2.75) is 31.7 Å². The van der Waals surface area contributed by atoms with Crippen LogP contribution in [0.4, 0.5) is 11.4 Å². The van der Waals surface area contributed by atoms with Crippen molar-refractivity contribution >= 4 is 39.5 Å². The summed E-state index contributed by atoms with van der Waals surface area (Å²) in [6.07, 6.45) is 9.94. The van der Waals surface area contributed by atoms with Crippen LogP contribution in [0.5, 0.6) is 0 Å². The minimum atomic E-state index is -0.214. The predicted octanol–water partition coefficient (Wildman–Crippen LogP) is 3.97. The highest BCUT2D eigenvalue weighted by molar-refractivity contribution is 7.13. The molecular formula is C25H28N8OS. The minimum Gasteiger partial charge on any atom is -0.369 e. The Morgan fingerprint density at radius 2 is 2.09 bits per heavy atom. The van der Waals surface area contributed by atoms with Gasteiger partial charge in [0.15, 0.2) is 0 Å². The third-order valence-corrected chi connectivity index (χ3v) is 7.68. The zero-order valence-electron chi connectivity index (χ0n) is 19.6. The Morgan fingerprint density at radius 1 is 1.17 bits per heavy atom. The van der Waals surface area contributed by atoms with Gasteiger partial charge in [0.1, 0.15) is 10.7 Å². The van der Waals surface area contributed by atoms with Gasteiger partial charge >= 0.3 is 0 Å². The number of amides is 1. The average molecular weight is 489 g/mol. The SMILES string of the molecule is CNCC1CCCN(c2c(NC(=O)c3csc(-c4ccnnc4)n3)ccc3c2cnn3C2CC2)C1. The molecule has 1 amide bonds. The second-order valence-electron chi connectivity index (χ2n) is 9.35. The fraction of sp³-hybridized carbons (Fsp3) is 0.400. The maximum absolute atomic E-state index is 13.3. The molecule has 4 heterocycles. The van der Waals surface area contributed by atoms with Crippen LogP contribution in [0.15, 0.2) is 42.2 Å². The summed E-state index contributed by atoms with van der Waals surface area (Å²) in [6, 6.07) is 6.45. The van der Waals surface area contributed by atoms with E-state index < -0.39 is 0 Å². The van der Waals surface area contributed by atoms with Crippen molar-refractivity contribution in [1.82, 2.24) is 30.3 Å². The first kappa shape index (κ1) is 22.1. The Bertz CT molecular complexity index is 1340. The van der Waals surface area contributed by atoms with E-state index in [9.17, 15) is 4.79 Å². The molecule has 3 aromatic heterocycles. The minimum absolute atomic E-state index is 0.214. The number of nitrogens with zero attached hydrogens (tertiary/aromatic N) is 6. The molecule has 2 aliphatic rings. The van der Waals surface area contributed by atoms with E-state index in [1.54, 1.807) is 17.8 Å². The van der Waals surface area contributed by atoms with E-state index in [1.807, 2.05) is 25.4 Å². The molecule has 1 unspecified atom stereocenters. The monoisotopic (exact) mass is 488 g/mol. The molecule has 1 aliphatic heterocycles. The number of anilines is 2. The fourth-order valence-electron chi connectivity index (χ4n) is 5.00. The number of carbonyl (C=O) groups is 1. The number of thiazole rings is 1. The first-order valence-corrected chi connectivity index (χ1v) is 13.0. The van der Waals surface area contributed by atoms with Gasteiger partial charge in [0.2, 0.25) is 0 Å². The van der Waals surface area contributed by atoms with E-state index in [4.69, 9.17) is 5.10 Å². The zero-order chi connectivity index (χ0) is 23.8. The van der Waals surface area contributed by atoms with Crippen LogP contribution in [0.25, 0.3) is 21.5 Å². The molecule has 2 fully saturated rings. The summed E-state index contributed by atoms with van der Waals surface area (Å²) in [4.78, 5) is 20.3. The van der Waals surface area contributed by atoms with Gasteiger partial charge in [-0.2, -0.15) is 15.3 Å².